The normalized spacial score (nSPS) is 10.7. The maximum absolute atomic E-state index is 13.1. The molecule has 3 rings (SSSR count). The van der Waals surface area contributed by atoms with Gasteiger partial charge in [0.05, 0.1) is 23.5 Å². The van der Waals surface area contributed by atoms with E-state index in [-0.39, 0.29) is 11.6 Å². The van der Waals surface area contributed by atoms with Crippen LogP contribution in [-0.2, 0) is 13.6 Å². The number of hydrogen-bond acceptors (Lipinski definition) is 4. The van der Waals surface area contributed by atoms with Crippen LogP contribution < -0.4 is 10.1 Å². The van der Waals surface area contributed by atoms with E-state index in [0.29, 0.717) is 22.7 Å². The van der Waals surface area contributed by atoms with Crippen molar-refractivity contribution in [2.75, 3.05) is 12.4 Å². The molecule has 2 N–H and O–H groups in total. The molecule has 0 radical (unpaired) electrons. The topological polar surface area (TPSA) is 59.3 Å². The highest BCUT2D eigenvalue weighted by atomic mass is 79.9. The van der Waals surface area contributed by atoms with Crippen molar-refractivity contribution in [3.8, 4) is 22.8 Å². The second kappa shape index (κ2) is 7.14. The number of nitrogens with one attached hydrogen (secondary N) is 1. The summed E-state index contributed by atoms with van der Waals surface area (Å²) >= 11 is 3.31. The fourth-order valence-corrected chi connectivity index (χ4v) is 3.02. The minimum Gasteiger partial charge on any atom is -0.503 e. The lowest BCUT2D eigenvalue weighted by molar-refractivity contribution is 0.371. The van der Waals surface area contributed by atoms with Gasteiger partial charge in [0.1, 0.15) is 5.82 Å². The van der Waals surface area contributed by atoms with E-state index in [2.05, 4.69) is 26.2 Å². The van der Waals surface area contributed by atoms with E-state index in [4.69, 9.17) is 4.74 Å². The first-order chi connectivity index (χ1) is 12.0. The van der Waals surface area contributed by atoms with E-state index in [1.165, 1.54) is 19.2 Å². The van der Waals surface area contributed by atoms with Gasteiger partial charge in [0.2, 0.25) is 5.95 Å². The Bertz CT molecular complexity index is 894. The minimum absolute atomic E-state index is 0.0711. The van der Waals surface area contributed by atoms with Gasteiger partial charge in [0.25, 0.3) is 0 Å². The molecular weight excluding hydrogens is 389 g/mol. The Labute approximate surface area is 153 Å². The fraction of sp³-hybridized carbons (Fsp3) is 0.167. The number of halogens is 2. The number of aromatic nitrogens is 2. The molecule has 0 bridgehead atoms. The molecule has 0 saturated heterocycles. The summed E-state index contributed by atoms with van der Waals surface area (Å²) in [5.74, 6) is 0.887. The molecule has 5 nitrogen and oxygen atoms in total. The van der Waals surface area contributed by atoms with Crippen molar-refractivity contribution in [3.05, 3.63) is 58.4 Å². The monoisotopic (exact) mass is 405 g/mol. The molecule has 0 aliphatic heterocycles. The molecule has 3 aromatic rings. The molecule has 0 amide bonds. The Hall–Kier alpha value is -2.54. The van der Waals surface area contributed by atoms with Crippen LogP contribution in [0.2, 0.25) is 0 Å². The molecule has 25 heavy (non-hydrogen) atoms. The van der Waals surface area contributed by atoms with Crippen LogP contribution in [0.4, 0.5) is 10.3 Å². The lowest BCUT2D eigenvalue weighted by Crippen LogP contribution is -2.06. The predicted octanol–water partition coefficient (Wildman–Crippen LogP) is 4.32. The molecule has 7 heteroatoms. The Balaban J connectivity index is 1.79. The van der Waals surface area contributed by atoms with Gasteiger partial charge in [-0.05, 0) is 57.9 Å². The molecule has 1 heterocycles. The van der Waals surface area contributed by atoms with E-state index in [1.54, 1.807) is 24.4 Å². The van der Waals surface area contributed by atoms with Gasteiger partial charge in [-0.3, -0.25) is 0 Å². The van der Waals surface area contributed by atoms with Crippen LogP contribution in [0, 0.1) is 5.82 Å². The summed E-state index contributed by atoms with van der Waals surface area (Å²) in [7, 11) is 3.40. The Morgan fingerprint density at radius 2 is 2.00 bits per heavy atom. The molecule has 0 spiro atoms. The number of imidazole rings is 1. The number of nitrogens with zero attached hydrogens (tertiary/aromatic N) is 2. The minimum atomic E-state index is -0.267. The van der Waals surface area contributed by atoms with Crippen LogP contribution in [0.3, 0.4) is 0 Å². The van der Waals surface area contributed by atoms with Crippen molar-refractivity contribution in [2.45, 2.75) is 6.54 Å². The first-order valence-corrected chi connectivity index (χ1v) is 8.36. The maximum Gasteiger partial charge on any atom is 0.203 e. The van der Waals surface area contributed by atoms with Crippen molar-refractivity contribution in [2.24, 2.45) is 7.05 Å². The number of ether oxygens (including phenoxy) is 1. The molecule has 0 fully saturated rings. The van der Waals surface area contributed by atoms with Crippen LogP contribution in [-0.4, -0.2) is 21.8 Å². The zero-order valence-corrected chi connectivity index (χ0v) is 15.3. The molecular formula is C18H17BrFN3O2. The first-order valence-electron chi connectivity index (χ1n) is 7.56. The highest BCUT2D eigenvalue weighted by Gasteiger charge is 2.11. The summed E-state index contributed by atoms with van der Waals surface area (Å²) in [6.07, 6.45) is 1.74. The van der Waals surface area contributed by atoms with Gasteiger partial charge in [0, 0.05) is 19.2 Å². The summed E-state index contributed by atoms with van der Waals surface area (Å²) in [6, 6.07) is 9.87. The molecule has 130 valence electrons. The largest absolute Gasteiger partial charge is 0.503 e. The van der Waals surface area contributed by atoms with Crippen LogP contribution in [0.15, 0.2) is 47.1 Å². The third kappa shape index (κ3) is 3.61. The number of benzene rings is 2. The van der Waals surface area contributed by atoms with Crippen LogP contribution in [0.1, 0.15) is 5.56 Å². The van der Waals surface area contributed by atoms with Crippen molar-refractivity contribution in [3.63, 3.8) is 0 Å². The number of rotatable bonds is 5. The zero-order chi connectivity index (χ0) is 18.0. The van der Waals surface area contributed by atoms with E-state index in [9.17, 15) is 9.50 Å². The molecule has 0 unspecified atom stereocenters. The van der Waals surface area contributed by atoms with Gasteiger partial charge in [0.15, 0.2) is 11.5 Å². The van der Waals surface area contributed by atoms with Crippen molar-refractivity contribution >= 4 is 21.9 Å². The van der Waals surface area contributed by atoms with E-state index >= 15 is 0 Å². The standard InChI is InChI=1S/C18H17BrFN3O2/c1-23-15(12-3-5-13(20)6-4-12)10-22-18(23)21-9-11-7-14(19)17(24)16(8-11)25-2/h3-8,10,24H,9H2,1-2H3,(H,21,22). The number of methoxy groups -OCH3 is 1. The lowest BCUT2D eigenvalue weighted by atomic mass is 10.2. The van der Waals surface area contributed by atoms with Crippen LogP contribution in [0.25, 0.3) is 11.3 Å². The molecule has 0 aliphatic carbocycles. The Morgan fingerprint density at radius 3 is 2.68 bits per heavy atom. The number of anilines is 1. The SMILES string of the molecule is COc1cc(CNc2ncc(-c3ccc(F)cc3)n2C)cc(Br)c1O. The summed E-state index contributed by atoms with van der Waals surface area (Å²) < 4.78 is 20.7. The molecule has 0 saturated carbocycles. The summed E-state index contributed by atoms with van der Waals surface area (Å²) in [4.78, 5) is 4.38. The summed E-state index contributed by atoms with van der Waals surface area (Å²) in [5.41, 5.74) is 2.69. The average molecular weight is 406 g/mol. The lowest BCUT2D eigenvalue weighted by Gasteiger charge is -2.11. The molecule has 1 aromatic heterocycles. The Morgan fingerprint density at radius 1 is 1.28 bits per heavy atom. The van der Waals surface area contributed by atoms with Gasteiger partial charge in [-0.15, -0.1) is 0 Å². The van der Waals surface area contributed by atoms with Gasteiger partial charge in [-0.25, -0.2) is 9.37 Å². The van der Waals surface area contributed by atoms with Crippen LogP contribution >= 0.6 is 15.9 Å². The predicted molar refractivity (Wildman–Crippen MR) is 98.3 cm³/mol. The fourth-order valence-electron chi connectivity index (χ4n) is 2.53. The number of aromatic hydroxyl groups is 1. The van der Waals surface area contributed by atoms with Crippen LogP contribution in [0.5, 0.6) is 11.5 Å². The number of phenols is 1. The average Bonchev–Trinajstić information content (AvgIpc) is 2.97. The van der Waals surface area contributed by atoms with Gasteiger partial charge in [-0.1, -0.05) is 0 Å². The quantitative estimate of drug-likeness (QED) is 0.663. The molecule has 0 aliphatic rings. The van der Waals surface area contributed by atoms with Crippen molar-refractivity contribution < 1.29 is 14.2 Å². The second-order valence-electron chi connectivity index (χ2n) is 5.52. The van der Waals surface area contributed by atoms with E-state index in [0.717, 1.165) is 16.8 Å². The number of phenolic OH excluding ortho intramolecular Hbond substituents is 1. The smallest absolute Gasteiger partial charge is 0.203 e. The molecule has 0 atom stereocenters. The first kappa shape index (κ1) is 17.3. The molecule has 2 aromatic carbocycles. The summed E-state index contributed by atoms with van der Waals surface area (Å²) in [6.45, 7) is 0.503. The van der Waals surface area contributed by atoms with E-state index < -0.39 is 0 Å². The highest BCUT2D eigenvalue weighted by molar-refractivity contribution is 9.10. The van der Waals surface area contributed by atoms with Gasteiger partial charge >= 0.3 is 0 Å². The van der Waals surface area contributed by atoms with E-state index in [1.807, 2.05) is 17.7 Å². The van der Waals surface area contributed by atoms with Crippen molar-refractivity contribution in [1.82, 2.24) is 9.55 Å². The Kier molecular flexibility index (Phi) is 4.94. The zero-order valence-electron chi connectivity index (χ0n) is 13.8. The van der Waals surface area contributed by atoms with Crippen molar-refractivity contribution in [1.29, 1.82) is 0 Å². The second-order valence-corrected chi connectivity index (χ2v) is 6.37. The third-order valence-corrected chi connectivity index (χ3v) is 4.49. The highest BCUT2D eigenvalue weighted by Crippen LogP contribution is 2.35. The van der Waals surface area contributed by atoms with Gasteiger partial charge < -0.3 is 19.7 Å². The maximum atomic E-state index is 13.1. The number of hydrogen-bond donors (Lipinski definition) is 2. The third-order valence-electron chi connectivity index (χ3n) is 3.89. The summed E-state index contributed by atoms with van der Waals surface area (Å²) in [5, 5.41) is 13.1. The van der Waals surface area contributed by atoms with Gasteiger partial charge in [-0.2, -0.15) is 0 Å².